The number of primary amides is 1. The van der Waals surface area contributed by atoms with Crippen LogP contribution in [0.4, 0.5) is 0 Å². The minimum absolute atomic E-state index is 0.0796. The molecule has 0 saturated carbocycles. The number of nitrogens with two attached hydrogens (primary N) is 1. The number of nitrogens with zero attached hydrogens (tertiary/aromatic N) is 3. The molecule has 1 fully saturated rings. The largest absolute Gasteiger partial charge is 0.369 e. The molecular weight excluding hydrogens is 412 g/mol. The quantitative estimate of drug-likeness (QED) is 0.572. The van der Waals surface area contributed by atoms with Gasteiger partial charge in [0.1, 0.15) is 0 Å². The molecule has 2 aromatic carbocycles. The SMILES string of the molecule is Cc1cc(C)n(CCCC(=O)N2CCC(Cc3ccccc3-c3ccccc3)(C(N)=O)C2)n1. The summed E-state index contributed by atoms with van der Waals surface area (Å²) in [6, 6.07) is 20.3. The first-order chi connectivity index (χ1) is 15.9. The van der Waals surface area contributed by atoms with E-state index in [1.54, 1.807) is 0 Å². The van der Waals surface area contributed by atoms with Gasteiger partial charge < -0.3 is 10.6 Å². The molecule has 1 atom stereocenters. The predicted molar refractivity (Wildman–Crippen MR) is 129 cm³/mol. The number of aromatic nitrogens is 2. The monoisotopic (exact) mass is 444 g/mol. The van der Waals surface area contributed by atoms with E-state index in [0.29, 0.717) is 38.9 Å². The van der Waals surface area contributed by atoms with E-state index >= 15 is 0 Å². The van der Waals surface area contributed by atoms with Crippen molar-refractivity contribution in [2.24, 2.45) is 11.1 Å². The van der Waals surface area contributed by atoms with E-state index in [-0.39, 0.29) is 11.8 Å². The number of likely N-dealkylation sites (tertiary alicyclic amines) is 1. The van der Waals surface area contributed by atoms with E-state index < -0.39 is 5.41 Å². The molecule has 1 aliphatic rings. The van der Waals surface area contributed by atoms with Crippen LogP contribution in [0.2, 0.25) is 0 Å². The van der Waals surface area contributed by atoms with Gasteiger partial charge in [-0.05, 0) is 55.9 Å². The Kier molecular flexibility index (Phi) is 6.63. The second-order valence-electron chi connectivity index (χ2n) is 9.16. The third-order valence-corrected chi connectivity index (χ3v) is 6.72. The number of carbonyl (C=O) groups excluding carboxylic acids is 2. The van der Waals surface area contributed by atoms with Crippen LogP contribution in [0.1, 0.15) is 36.2 Å². The Bertz CT molecular complexity index is 1140. The van der Waals surface area contributed by atoms with Gasteiger partial charge in [0.15, 0.2) is 0 Å². The van der Waals surface area contributed by atoms with Gasteiger partial charge in [0.2, 0.25) is 11.8 Å². The molecule has 3 aromatic rings. The van der Waals surface area contributed by atoms with E-state index in [0.717, 1.165) is 34.5 Å². The van der Waals surface area contributed by atoms with E-state index in [9.17, 15) is 9.59 Å². The zero-order valence-corrected chi connectivity index (χ0v) is 19.5. The van der Waals surface area contributed by atoms with Crippen molar-refractivity contribution in [1.29, 1.82) is 0 Å². The Morgan fingerprint density at radius 3 is 2.48 bits per heavy atom. The number of hydrogen-bond acceptors (Lipinski definition) is 3. The van der Waals surface area contributed by atoms with Crippen molar-refractivity contribution in [2.75, 3.05) is 13.1 Å². The number of amides is 2. The summed E-state index contributed by atoms with van der Waals surface area (Å²) < 4.78 is 1.95. The Balaban J connectivity index is 1.44. The van der Waals surface area contributed by atoms with Gasteiger partial charge in [-0.2, -0.15) is 5.10 Å². The van der Waals surface area contributed by atoms with Gasteiger partial charge in [0.05, 0.1) is 11.1 Å². The molecule has 2 heterocycles. The fourth-order valence-corrected chi connectivity index (χ4v) is 4.90. The van der Waals surface area contributed by atoms with Crippen LogP contribution in [0, 0.1) is 19.3 Å². The highest BCUT2D eigenvalue weighted by Crippen LogP contribution is 2.37. The smallest absolute Gasteiger partial charge is 0.225 e. The number of benzene rings is 2. The maximum absolute atomic E-state index is 12.9. The van der Waals surface area contributed by atoms with Gasteiger partial charge in [0, 0.05) is 31.7 Å². The highest BCUT2D eigenvalue weighted by molar-refractivity contribution is 5.85. The molecule has 6 heteroatoms. The Hall–Kier alpha value is -3.41. The summed E-state index contributed by atoms with van der Waals surface area (Å²) in [5.41, 5.74) is 10.6. The number of hydrogen-bond donors (Lipinski definition) is 1. The van der Waals surface area contributed by atoms with Crippen LogP contribution in [0.15, 0.2) is 60.7 Å². The molecule has 0 spiro atoms. The van der Waals surface area contributed by atoms with E-state index in [4.69, 9.17) is 5.73 Å². The lowest BCUT2D eigenvalue weighted by atomic mass is 9.78. The van der Waals surface area contributed by atoms with Crippen LogP contribution in [0.5, 0.6) is 0 Å². The molecular formula is C27H32N4O2. The van der Waals surface area contributed by atoms with Crippen LogP contribution in [0.3, 0.4) is 0 Å². The Morgan fingerprint density at radius 2 is 1.79 bits per heavy atom. The van der Waals surface area contributed by atoms with Crippen LogP contribution in [-0.2, 0) is 22.6 Å². The topological polar surface area (TPSA) is 81.2 Å². The average Bonchev–Trinajstić information content (AvgIpc) is 3.38. The molecule has 33 heavy (non-hydrogen) atoms. The maximum atomic E-state index is 12.9. The Labute approximate surface area is 195 Å². The van der Waals surface area contributed by atoms with E-state index in [1.165, 1.54) is 0 Å². The molecule has 0 bridgehead atoms. The lowest BCUT2D eigenvalue weighted by Gasteiger charge is -2.27. The molecule has 4 rings (SSSR count). The number of carbonyl (C=O) groups is 2. The van der Waals surface area contributed by atoms with Gasteiger partial charge in [-0.3, -0.25) is 14.3 Å². The first kappa shape index (κ1) is 22.8. The third-order valence-electron chi connectivity index (χ3n) is 6.72. The van der Waals surface area contributed by atoms with Crippen molar-refractivity contribution >= 4 is 11.8 Å². The molecule has 1 aliphatic heterocycles. The summed E-state index contributed by atoms with van der Waals surface area (Å²) in [4.78, 5) is 27.4. The summed E-state index contributed by atoms with van der Waals surface area (Å²) in [7, 11) is 0. The molecule has 6 nitrogen and oxygen atoms in total. The molecule has 0 aliphatic carbocycles. The highest BCUT2D eigenvalue weighted by Gasteiger charge is 2.44. The molecule has 1 aromatic heterocycles. The molecule has 0 radical (unpaired) electrons. The van der Waals surface area contributed by atoms with Gasteiger partial charge >= 0.3 is 0 Å². The second-order valence-corrected chi connectivity index (χ2v) is 9.16. The minimum atomic E-state index is -0.740. The van der Waals surface area contributed by atoms with Crippen molar-refractivity contribution in [3.05, 3.63) is 77.6 Å². The molecule has 172 valence electrons. The normalized spacial score (nSPS) is 17.9. The van der Waals surface area contributed by atoms with Crippen molar-refractivity contribution in [3.63, 3.8) is 0 Å². The van der Waals surface area contributed by atoms with Gasteiger partial charge in [-0.25, -0.2) is 0 Å². The van der Waals surface area contributed by atoms with Crippen molar-refractivity contribution < 1.29 is 9.59 Å². The van der Waals surface area contributed by atoms with Crippen molar-refractivity contribution in [1.82, 2.24) is 14.7 Å². The van der Waals surface area contributed by atoms with Crippen LogP contribution in [0.25, 0.3) is 11.1 Å². The standard InChI is InChI=1S/C27H32N4O2/c1-20-17-21(2)31(29-20)15-8-13-25(32)30-16-14-27(19-30,26(28)33)18-23-11-6-7-12-24(23)22-9-4-3-5-10-22/h3-7,9-12,17H,8,13-16,18-19H2,1-2H3,(H2,28,33). The summed E-state index contributed by atoms with van der Waals surface area (Å²) >= 11 is 0. The molecule has 1 unspecified atom stereocenters. The van der Waals surface area contributed by atoms with Gasteiger partial charge in [-0.15, -0.1) is 0 Å². The van der Waals surface area contributed by atoms with E-state index in [2.05, 4.69) is 29.4 Å². The summed E-state index contributed by atoms with van der Waals surface area (Å²) in [6.07, 6.45) is 2.28. The summed E-state index contributed by atoms with van der Waals surface area (Å²) in [6.45, 7) is 5.65. The minimum Gasteiger partial charge on any atom is -0.369 e. The number of aryl methyl sites for hydroxylation is 3. The molecule has 2 N–H and O–H groups in total. The second kappa shape index (κ2) is 9.61. The van der Waals surface area contributed by atoms with Crippen LogP contribution in [-0.4, -0.2) is 39.6 Å². The van der Waals surface area contributed by atoms with Gasteiger partial charge in [0.25, 0.3) is 0 Å². The van der Waals surface area contributed by atoms with Crippen LogP contribution >= 0.6 is 0 Å². The lowest BCUT2D eigenvalue weighted by Crippen LogP contribution is -2.42. The predicted octanol–water partition coefficient (Wildman–Crippen LogP) is 3.89. The zero-order valence-electron chi connectivity index (χ0n) is 19.5. The first-order valence-corrected chi connectivity index (χ1v) is 11.6. The zero-order chi connectivity index (χ0) is 23.4. The third kappa shape index (κ3) is 5.00. The fraction of sp³-hybridized carbons (Fsp3) is 0.370. The highest BCUT2D eigenvalue weighted by atomic mass is 16.2. The summed E-state index contributed by atoms with van der Waals surface area (Å²) in [5, 5.41) is 4.46. The van der Waals surface area contributed by atoms with E-state index in [1.807, 2.05) is 59.8 Å². The van der Waals surface area contributed by atoms with Crippen molar-refractivity contribution in [3.8, 4) is 11.1 Å². The van der Waals surface area contributed by atoms with Crippen LogP contribution < -0.4 is 5.73 Å². The van der Waals surface area contributed by atoms with Gasteiger partial charge in [-0.1, -0.05) is 54.6 Å². The fourth-order valence-electron chi connectivity index (χ4n) is 4.90. The number of rotatable bonds is 8. The van der Waals surface area contributed by atoms with Crippen molar-refractivity contribution in [2.45, 2.75) is 46.1 Å². The summed E-state index contributed by atoms with van der Waals surface area (Å²) in [5.74, 6) is -0.251. The Morgan fingerprint density at radius 1 is 1.06 bits per heavy atom. The molecule has 1 saturated heterocycles. The lowest BCUT2D eigenvalue weighted by molar-refractivity contribution is -0.132. The first-order valence-electron chi connectivity index (χ1n) is 11.6. The molecule has 2 amide bonds. The maximum Gasteiger partial charge on any atom is 0.225 e. The average molecular weight is 445 g/mol.